The van der Waals surface area contributed by atoms with Crippen molar-refractivity contribution in [3.8, 4) is 0 Å². The molecule has 0 fully saturated rings. The first-order chi connectivity index (χ1) is 10.2. The van der Waals surface area contributed by atoms with Gasteiger partial charge in [0, 0.05) is 6.92 Å². The average molecular weight is 296 g/mol. The standard InChI is InChI=1S/C19H36O2/c1-4-5-6-7-8-9-10-11-12-13-14-15-16-17-18(2)21-19(3)20/h6-7,18H,4-5,8-17H2,1-3H3/b7-6+. The zero-order valence-corrected chi connectivity index (χ0v) is 14.5. The van der Waals surface area contributed by atoms with Crippen LogP contribution in [0.2, 0.25) is 0 Å². The summed E-state index contributed by atoms with van der Waals surface area (Å²) in [5, 5.41) is 0. The number of rotatable bonds is 14. The molecule has 0 amide bonds. The van der Waals surface area contributed by atoms with E-state index in [4.69, 9.17) is 4.74 Å². The summed E-state index contributed by atoms with van der Waals surface area (Å²) in [7, 11) is 0. The predicted octanol–water partition coefficient (Wildman–Crippen LogP) is 6.20. The van der Waals surface area contributed by atoms with Gasteiger partial charge in [0.2, 0.25) is 0 Å². The molecule has 0 heterocycles. The quantitative estimate of drug-likeness (QED) is 0.217. The molecule has 0 aliphatic carbocycles. The molecule has 0 spiro atoms. The van der Waals surface area contributed by atoms with Crippen molar-refractivity contribution in [3.05, 3.63) is 12.2 Å². The van der Waals surface area contributed by atoms with Gasteiger partial charge in [0.1, 0.15) is 0 Å². The van der Waals surface area contributed by atoms with E-state index >= 15 is 0 Å². The van der Waals surface area contributed by atoms with Gasteiger partial charge in [-0.05, 0) is 39.0 Å². The van der Waals surface area contributed by atoms with Gasteiger partial charge in [0.25, 0.3) is 0 Å². The molecule has 0 N–H and O–H groups in total. The van der Waals surface area contributed by atoms with E-state index in [1.54, 1.807) is 0 Å². The second-order valence-electron chi connectivity index (χ2n) is 6.09. The van der Waals surface area contributed by atoms with Crippen LogP contribution in [-0.2, 0) is 9.53 Å². The van der Waals surface area contributed by atoms with Crippen LogP contribution in [0.25, 0.3) is 0 Å². The third-order valence-corrected chi connectivity index (χ3v) is 3.72. The van der Waals surface area contributed by atoms with E-state index in [0.29, 0.717) is 0 Å². The molecule has 0 saturated heterocycles. The smallest absolute Gasteiger partial charge is 0.302 e. The highest BCUT2D eigenvalue weighted by atomic mass is 16.5. The predicted molar refractivity (Wildman–Crippen MR) is 91.4 cm³/mol. The van der Waals surface area contributed by atoms with Gasteiger partial charge in [-0.1, -0.05) is 64.0 Å². The van der Waals surface area contributed by atoms with Crippen LogP contribution >= 0.6 is 0 Å². The minimum Gasteiger partial charge on any atom is -0.463 e. The Kier molecular flexibility index (Phi) is 15.0. The van der Waals surface area contributed by atoms with Crippen LogP contribution in [-0.4, -0.2) is 12.1 Å². The molecule has 0 aliphatic heterocycles. The Hall–Kier alpha value is -0.790. The summed E-state index contributed by atoms with van der Waals surface area (Å²) in [5.41, 5.74) is 0. The lowest BCUT2D eigenvalue weighted by Gasteiger charge is -2.11. The summed E-state index contributed by atoms with van der Waals surface area (Å²) < 4.78 is 5.11. The first-order valence-electron chi connectivity index (χ1n) is 8.99. The van der Waals surface area contributed by atoms with Crippen molar-refractivity contribution in [2.45, 2.75) is 104 Å². The first-order valence-corrected chi connectivity index (χ1v) is 8.99. The van der Waals surface area contributed by atoms with E-state index in [1.165, 1.54) is 77.6 Å². The summed E-state index contributed by atoms with van der Waals surface area (Å²) in [6.45, 7) is 5.69. The number of carbonyl (C=O) groups excluding carboxylic acids is 1. The third kappa shape index (κ3) is 17.2. The molecule has 0 aliphatic rings. The van der Waals surface area contributed by atoms with Crippen molar-refractivity contribution in [2.24, 2.45) is 0 Å². The molecule has 124 valence electrons. The van der Waals surface area contributed by atoms with Gasteiger partial charge >= 0.3 is 5.97 Å². The Morgan fingerprint density at radius 1 is 0.905 bits per heavy atom. The maximum atomic E-state index is 10.8. The Balaban J connectivity index is 3.14. The van der Waals surface area contributed by atoms with E-state index < -0.39 is 0 Å². The van der Waals surface area contributed by atoms with Gasteiger partial charge in [-0.15, -0.1) is 0 Å². The Bertz CT molecular complexity index is 258. The lowest BCUT2D eigenvalue weighted by molar-refractivity contribution is -0.145. The number of hydrogen-bond acceptors (Lipinski definition) is 2. The maximum Gasteiger partial charge on any atom is 0.302 e. The Morgan fingerprint density at radius 3 is 2.00 bits per heavy atom. The van der Waals surface area contributed by atoms with Crippen molar-refractivity contribution < 1.29 is 9.53 Å². The minimum absolute atomic E-state index is 0.0864. The number of esters is 1. The first kappa shape index (κ1) is 20.2. The minimum atomic E-state index is -0.160. The number of ether oxygens (including phenoxy) is 1. The third-order valence-electron chi connectivity index (χ3n) is 3.72. The SMILES string of the molecule is CCC/C=C/CCCCCCCCCCC(C)OC(C)=O. The van der Waals surface area contributed by atoms with Crippen LogP contribution in [0.3, 0.4) is 0 Å². The highest BCUT2D eigenvalue weighted by Crippen LogP contribution is 2.12. The maximum absolute atomic E-state index is 10.8. The van der Waals surface area contributed by atoms with Crippen LogP contribution in [0.5, 0.6) is 0 Å². The second-order valence-corrected chi connectivity index (χ2v) is 6.09. The van der Waals surface area contributed by atoms with E-state index in [2.05, 4.69) is 19.1 Å². The van der Waals surface area contributed by atoms with E-state index in [0.717, 1.165) is 6.42 Å². The van der Waals surface area contributed by atoms with Gasteiger partial charge < -0.3 is 4.74 Å². The molecule has 0 rings (SSSR count). The fourth-order valence-corrected chi connectivity index (χ4v) is 2.50. The number of carbonyl (C=O) groups is 1. The normalized spacial score (nSPS) is 12.7. The van der Waals surface area contributed by atoms with E-state index in [9.17, 15) is 4.79 Å². The van der Waals surface area contributed by atoms with Gasteiger partial charge in [0.15, 0.2) is 0 Å². The molecular weight excluding hydrogens is 260 g/mol. The zero-order valence-electron chi connectivity index (χ0n) is 14.5. The summed E-state index contributed by atoms with van der Waals surface area (Å²) >= 11 is 0. The highest BCUT2D eigenvalue weighted by Gasteiger charge is 2.04. The number of allylic oxidation sites excluding steroid dienone is 2. The number of unbranched alkanes of at least 4 members (excludes halogenated alkanes) is 9. The Labute approximate surface area is 132 Å². The van der Waals surface area contributed by atoms with Crippen LogP contribution in [0.1, 0.15) is 97.8 Å². The molecule has 21 heavy (non-hydrogen) atoms. The van der Waals surface area contributed by atoms with Crippen molar-refractivity contribution in [1.82, 2.24) is 0 Å². The highest BCUT2D eigenvalue weighted by molar-refractivity contribution is 5.66. The van der Waals surface area contributed by atoms with Crippen molar-refractivity contribution in [3.63, 3.8) is 0 Å². The molecule has 0 aromatic carbocycles. The molecule has 0 aromatic rings. The van der Waals surface area contributed by atoms with Gasteiger partial charge in [0.05, 0.1) is 6.10 Å². The molecule has 2 nitrogen and oxygen atoms in total. The van der Waals surface area contributed by atoms with Crippen LogP contribution in [0.4, 0.5) is 0 Å². The topological polar surface area (TPSA) is 26.3 Å². The molecule has 0 bridgehead atoms. The fraction of sp³-hybridized carbons (Fsp3) is 0.842. The lowest BCUT2D eigenvalue weighted by atomic mass is 10.1. The summed E-state index contributed by atoms with van der Waals surface area (Å²) in [6.07, 6.45) is 20.1. The van der Waals surface area contributed by atoms with Crippen molar-refractivity contribution >= 4 is 5.97 Å². The van der Waals surface area contributed by atoms with E-state index in [1.807, 2.05) is 6.92 Å². The van der Waals surface area contributed by atoms with Crippen LogP contribution < -0.4 is 0 Å². The molecule has 2 heteroatoms. The lowest BCUT2D eigenvalue weighted by Crippen LogP contribution is -2.11. The van der Waals surface area contributed by atoms with Crippen molar-refractivity contribution in [1.29, 1.82) is 0 Å². The molecule has 0 radical (unpaired) electrons. The number of hydrogen-bond donors (Lipinski definition) is 0. The molecule has 0 saturated carbocycles. The zero-order chi connectivity index (χ0) is 15.8. The van der Waals surface area contributed by atoms with Crippen molar-refractivity contribution in [2.75, 3.05) is 0 Å². The molecule has 0 aromatic heterocycles. The average Bonchev–Trinajstić information content (AvgIpc) is 2.43. The van der Waals surface area contributed by atoms with Gasteiger partial charge in [-0.3, -0.25) is 4.79 Å². The van der Waals surface area contributed by atoms with E-state index in [-0.39, 0.29) is 12.1 Å². The van der Waals surface area contributed by atoms with Crippen LogP contribution in [0.15, 0.2) is 12.2 Å². The molecular formula is C19H36O2. The fourth-order valence-electron chi connectivity index (χ4n) is 2.50. The Morgan fingerprint density at radius 2 is 1.43 bits per heavy atom. The van der Waals surface area contributed by atoms with Gasteiger partial charge in [-0.25, -0.2) is 0 Å². The van der Waals surface area contributed by atoms with Crippen LogP contribution in [0, 0.1) is 0 Å². The largest absolute Gasteiger partial charge is 0.463 e. The summed E-state index contributed by atoms with van der Waals surface area (Å²) in [4.78, 5) is 10.8. The molecule has 1 unspecified atom stereocenters. The summed E-state index contributed by atoms with van der Waals surface area (Å²) in [6, 6.07) is 0. The summed E-state index contributed by atoms with van der Waals surface area (Å²) in [5.74, 6) is -0.160. The monoisotopic (exact) mass is 296 g/mol. The molecule has 1 atom stereocenters. The second kappa shape index (κ2) is 15.6. The van der Waals surface area contributed by atoms with Gasteiger partial charge in [-0.2, -0.15) is 0 Å².